The predicted molar refractivity (Wildman–Crippen MR) is 209 cm³/mol. The Morgan fingerprint density at radius 1 is 0.889 bits per heavy atom. The number of nitrogens with one attached hydrogen (secondary N) is 4. The number of hydrogen-bond donors (Lipinski definition) is 4. The number of carbonyl (C=O) groups excluding carboxylic acids is 5. The molecular weight excluding hydrogens is 714 g/mol. The molecule has 5 amide bonds. The number of unbranched alkanes of at least 4 members (excludes halogenated alkanes) is 1. The number of likely N-dealkylation sites (tertiary alicyclic amines) is 1. The number of piperidine rings is 1. The van der Waals surface area contributed by atoms with E-state index in [1.807, 2.05) is 27.7 Å². The highest BCUT2D eigenvalue weighted by Crippen LogP contribution is 2.65. The van der Waals surface area contributed by atoms with Crippen molar-refractivity contribution in [1.82, 2.24) is 26.2 Å². The number of amides is 5. The lowest BCUT2D eigenvalue weighted by Crippen LogP contribution is -2.65. The number of sulfone groups is 1. The van der Waals surface area contributed by atoms with Crippen molar-refractivity contribution in [2.45, 2.75) is 174 Å². The zero-order valence-electron chi connectivity index (χ0n) is 33.2. The van der Waals surface area contributed by atoms with Crippen LogP contribution in [-0.2, 0) is 29.0 Å². The maximum absolute atomic E-state index is 14.9. The highest BCUT2D eigenvalue weighted by molar-refractivity contribution is 7.92. The molecule has 54 heavy (non-hydrogen) atoms. The van der Waals surface area contributed by atoms with Crippen molar-refractivity contribution in [1.29, 1.82) is 0 Å². The second kappa shape index (κ2) is 18.0. The Labute approximate surface area is 324 Å². The van der Waals surface area contributed by atoms with Crippen molar-refractivity contribution >= 4 is 39.4 Å². The average Bonchev–Trinajstić information content (AvgIpc) is 3.38. The lowest BCUT2D eigenvalue weighted by Gasteiger charge is -2.44. The third-order valence-electron chi connectivity index (χ3n) is 12.8. The van der Waals surface area contributed by atoms with Crippen LogP contribution in [0, 0.1) is 22.7 Å². The fourth-order valence-electron chi connectivity index (χ4n) is 9.14. The molecule has 4 aliphatic rings. The summed E-state index contributed by atoms with van der Waals surface area (Å²) in [7, 11) is -3.58. The van der Waals surface area contributed by atoms with Gasteiger partial charge in [-0.1, -0.05) is 73.6 Å². The van der Waals surface area contributed by atoms with Crippen molar-refractivity contribution in [3.05, 3.63) is 0 Å². The summed E-state index contributed by atoms with van der Waals surface area (Å²) in [6.07, 6.45) is 8.85. The van der Waals surface area contributed by atoms with Gasteiger partial charge in [0, 0.05) is 13.1 Å². The van der Waals surface area contributed by atoms with Crippen LogP contribution < -0.4 is 21.3 Å². The molecule has 4 rings (SSSR count). The van der Waals surface area contributed by atoms with Crippen LogP contribution in [0.2, 0.25) is 0 Å². The Morgan fingerprint density at radius 3 is 2.04 bits per heavy atom. The van der Waals surface area contributed by atoms with Crippen molar-refractivity contribution < 1.29 is 36.8 Å². The van der Waals surface area contributed by atoms with Crippen LogP contribution in [0.4, 0.5) is 9.18 Å². The van der Waals surface area contributed by atoms with E-state index in [0.29, 0.717) is 45.2 Å². The van der Waals surface area contributed by atoms with E-state index in [2.05, 4.69) is 21.3 Å². The van der Waals surface area contributed by atoms with Gasteiger partial charge in [0.05, 0.1) is 28.8 Å². The minimum Gasteiger partial charge on any atom is -0.349 e. The zero-order chi connectivity index (χ0) is 39.4. The van der Waals surface area contributed by atoms with E-state index in [1.54, 1.807) is 25.7 Å². The van der Waals surface area contributed by atoms with Gasteiger partial charge in [0.25, 0.3) is 5.91 Å². The molecule has 0 aromatic carbocycles. The van der Waals surface area contributed by atoms with Gasteiger partial charge in [0.1, 0.15) is 12.1 Å². The molecule has 12 nitrogen and oxygen atoms in total. The number of urea groups is 1. The Balaban J connectivity index is 0.00000784. The topological polar surface area (TPSA) is 171 Å². The van der Waals surface area contributed by atoms with Crippen LogP contribution in [0.15, 0.2) is 0 Å². The van der Waals surface area contributed by atoms with Gasteiger partial charge in [0.2, 0.25) is 17.6 Å². The summed E-state index contributed by atoms with van der Waals surface area (Å²) in [5, 5.41) is 11.5. The SMILES string of the molecule is C.CCCNC(=O)C(=O)[C@H](CCCCF)NC(=O)[C@@H]1[C@@H]2[C@H](CN1C(=O)[C@@H](NC(=O)NC1(CS(=O)(=O)C(C)(C)C)CCCCC1)C1(C)CCCCC1)C2(C)C. The second-order valence-electron chi connectivity index (χ2n) is 18.2. The van der Waals surface area contributed by atoms with Gasteiger partial charge in [-0.2, -0.15) is 0 Å². The number of halogens is 1. The summed E-state index contributed by atoms with van der Waals surface area (Å²) in [5.41, 5.74) is -1.83. The lowest BCUT2D eigenvalue weighted by atomic mass is 9.70. The molecule has 0 bridgehead atoms. The van der Waals surface area contributed by atoms with Gasteiger partial charge in [-0.25, -0.2) is 13.2 Å². The molecule has 0 unspecified atom stereocenters. The van der Waals surface area contributed by atoms with Gasteiger partial charge in [-0.3, -0.25) is 23.6 Å². The number of alkyl halides is 1. The average molecular weight is 784 g/mol. The molecule has 14 heteroatoms. The summed E-state index contributed by atoms with van der Waals surface area (Å²) < 4.78 is 38.9. The maximum atomic E-state index is 14.9. The highest BCUT2D eigenvalue weighted by Gasteiger charge is 2.70. The van der Waals surface area contributed by atoms with E-state index in [0.717, 1.165) is 38.5 Å². The third kappa shape index (κ3) is 10.1. The number of Topliss-reactive ketones (excluding diaryl/α,β-unsaturated/α-hetero) is 1. The fourth-order valence-corrected chi connectivity index (χ4v) is 10.7. The molecule has 1 saturated heterocycles. The van der Waals surface area contributed by atoms with Crippen molar-refractivity contribution in [2.75, 3.05) is 25.5 Å². The maximum Gasteiger partial charge on any atom is 0.315 e. The number of fused-ring (bicyclic) bond motifs is 1. The normalized spacial score (nSPS) is 25.2. The first-order valence-corrected chi connectivity index (χ1v) is 21.7. The van der Waals surface area contributed by atoms with E-state index in [-0.39, 0.29) is 55.6 Å². The van der Waals surface area contributed by atoms with Crippen LogP contribution in [0.5, 0.6) is 0 Å². The molecule has 5 atom stereocenters. The van der Waals surface area contributed by atoms with E-state index < -0.39 is 74.0 Å². The summed E-state index contributed by atoms with van der Waals surface area (Å²) >= 11 is 0. The van der Waals surface area contributed by atoms with Crippen LogP contribution in [0.1, 0.15) is 146 Å². The minimum absolute atomic E-state index is 0. The zero-order valence-corrected chi connectivity index (χ0v) is 34.0. The molecular formula is C40H70FN5O7S. The fraction of sp³-hybridized carbons (Fsp3) is 0.875. The quantitative estimate of drug-likeness (QED) is 0.120. The van der Waals surface area contributed by atoms with E-state index in [4.69, 9.17) is 0 Å². The first kappa shape index (κ1) is 45.6. The molecule has 0 spiro atoms. The van der Waals surface area contributed by atoms with Crippen molar-refractivity contribution in [3.63, 3.8) is 0 Å². The summed E-state index contributed by atoms with van der Waals surface area (Å²) in [4.78, 5) is 70.7. The van der Waals surface area contributed by atoms with Crippen molar-refractivity contribution in [2.24, 2.45) is 22.7 Å². The Bertz CT molecular complexity index is 1470. The van der Waals surface area contributed by atoms with Crippen LogP contribution >= 0.6 is 0 Å². The first-order valence-electron chi connectivity index (χ1n) is 20.0. The largest absolute Gasteiger partial charge is 0.349 e. The number of rotatable bonds is 16. The molecule has 1 heterocycles. The molecule has 0 radical (unpaired) electrons. The van der Waals surface area contributed by atoms with Gasteiger partial charge >= 0.3 is 6.03 Å². The third-order valence-corrected chi connectivity index (χ3v) is 15.6. The molecule has 3 aliphatic carbocycles. The Hall–Kier alpha value is -2.77. The molecule has 1 aliphatic heterocycles. The molecule has 4 N–H and O–H groups in total. The van der Waals surface area contributed by atoms with Gasteiger partial charge in [-0.05, 0) is 94.8 Å². The van der Waals surface area contributed by atoms with Gasteiger partial charge < -0.3 is 26.2 Å². The monoisotopic (exact) mass is 783 g/mol. The molecule has 0 aromatic heterocycles. The standard InChI is InChI=1S/C39H66FN5O7S.CH4/c1-8-23-41-33(48)30(46)27(17-11-16-22-40)42-32(47)29-28-26(37(28,5)6)24-45(29)34(49)31(38(7)18-12-9-13-19-38)43-35(50)44-39(20-14-10-15-21-39)25-53(51,52)36(2,3)4;/h26-29,31H,8-25H2,1-7H3,(H,41,48)(H,42,47)(H2,43,44,50);1H4/t26-,27-,28-,29-,31+;/m0./s1. The number of carbonyl (C=O) groups is 5. The lowest BCUT2D eigenvalue weighted by molar-refractivity contribution is -0.146. The van der Waals surface area contributed by atoms with Gasteiger partial charge in [0.15, 0.2) is 9.84 Å². The van der Waals surface area contributed by atoms with Crippen LogP contribution in [0.25, 0.3) is 0 Å². The van der Waals surface area contributed by atoms with Gasteiger partial charge in [-0.15, -0.1) is 0 Å². The van der Waals surface area contributed by atoms with E-state index in [1.165, 1.54) is 0 Å². The van der Waals surface area contributed by atoms with Crippen molar-refractivity contribution in [3.8, 4) is 0 Å². The molecule has 310 valence electrons. The number of hydrogen-bond acceptors (Lipinski definition) is 7. The smallest absolute Gasteiger partial charge is 0.315 e. The highest BCUT2D eigenvalue weighted by atomic mass is 32.2. The number of ketones is 1. The minimum atomic E-state index is -3.58. The van der Waals surface area contributed by atoms with E-state index in [9.17, 15) is 36.8 Å². The van der Waals surface area contributed by atoms with Crippen LogP contribution in [0.3, 0.4) is 0 Å². The van der Waals surface area contributed by atoms with E-state index >= 15 is 0 Å². The molecule has 3 saturated carbocycles. The summed E-state index contributed by atoms with van der Waals surface area (Å²) in [5.74, 6) is -2.89. The second-order valence-corrected chi connectivity index (χ2v) is 21.0. The molecule has 0 aromatic rings. The Morgan fingerprint density at radius 2 is 1.48 bits per heavy atom. The number of nitrogens with zero attached hydrogens (tertiary/aromatic N) is 1. The summed E-state index contributed by atoms with van der Waals surface area (Å²) in [6, 6.07) is -3.68. The Kier molecular flexibility index (Phi) is 15.2. The first-order chi connectivity index (χ1) is 24.7. The molecule has 4 fully saturated rings. The van der Waals surface area contributed by atoms with Crippen LogP contribution in [-0.4, -0.2) is 96.8 Å². The predicted octanol–water partition coefficient (Wildman–Crippen LogP) is 5.38. The summed E-state index contributed by atoms with van der Waals surface area (Å²) in [6.45, 7) is 13.0.